The van der Waals surface area contributed by atoms with Crippen LogP contribution in [0.25, 0.3) is 0 Å². The van der Waals surface area contributed by atoms with Crippen LogP contribution in [0.4, 0.5) is 0 Å². The first-order valence-corrected chi connectivity index (χ1v) is 12.9. The first-order valence-electron chi connectivity index (χ1n) is 12.9. The highest BCUT2D eigenvalue weighted by molar-refractivity contribution is 5.98. The number of ether oxygens (including phenoxy) is 2. The molecule has 3 aliphatic heterocycles. The van der Waals surface area contributed by atoms with E-state index in [0.717, 1.165) is 6.42 Å². The highest BCUT2D eigenvalue weighted by Gasteiger charge is 2.79. The van der Waals surface area contributed by atoms with Crippen molar-refractivity contribution in [3.05, 3.63) is 25.3 Å². The number of aliphatic hydroxyl groups excluding tert-OH is 1. The summed E-state index contributed by atoms with van der Waals surface area (Å²) in [6.45, 7) is 16.1. The summed E-state index contributed by atoms with van der Waals surface area (Å²) in [5.74, 6) is -2.36. The molecule has 0 aromatic rings. The second-order valence-corrected chi connectivity index (χ2v) is 11.0. The number of unbranched alkanes of at least 4 members (excludes halogenated alkanes) is 2. The van der Waals surface area contributed by atoms with E-state index in [-0.39, 0.29) is 25.0 Å². The lowest BCUT2D eigenvalue weighted by Gasteiger charge is -2.42. The van der Waals surface area contributed by atoms with Crippen LogP contribution >= 0.6 is 0 Å². The van der Waals surface area contributed by atoms with Crippen LogP contribution in [0.15, 0.2) is 25.3 Å². The van der Waals surface area contributed by atoms with Crippen LogP contribution in [0.3, 0.4) is 0 Å². The summed E-state index contributed by atoms with van der Waals surface area (Å²) in [6, 6.07) is -0.820. The molecule has 35 heavy (non-hydrogen) atoms. The minimum atomic E-state index is -1.07. The molecule has 1 spiro atoms. The van der Waals surface area contributed by atoms with Crippen molar-refractivity contribution in [1.82, 2.24) is 9.80 Å². The predicted octanol–water partition coefficient (Wildman–Crippen LogP) is 2.85. The van der Waals surface area contributed by atoms with Crippen molar-refractivity contribution in [1.29, 1.82) is 0 Å². The second kappa shape index (κ2) is 10.4. The van der Waals surface area contributed by atoms with E-state index in [4.69, 9.17) is 9.47 Å². The molecule has 5 atom stereocenters. The standard InChI is InChI=1S/C27H42N2O6/c1-7-15-29(25(4,5)6)23(32)21-27-14-13-26(9-3,35-27)20(24(33)34-18-8-2)19(27)22(31)28(21)16-11-10-12-17-30/h7-8,19-21,30H,1-2,9-18H2,3-6H3/t19-,20+,21?,26-,27?/m0/s1. The number of fused-ring (bicyclic) bond motifs is 1. The third-order valence-corrected chi connectivity index (χ3v) is 7.96. The zero-order valence-electron chi connectivity index (χ0n) is 21.8. The number of carbonyl (C=O) groups is 3. The first-order chi connectivity index (χ1) is 16.5. The van der Waals surface area contributed by atoms with Crippen LogP contribution in [0.5, 0.6) is 0 Å². The Morgan fingerprint density at radius 1 is 1.23 bits per heavy atom. The monoisotopic (exact) mass is 490 g/mol. The highest BCUT2D eigenvalue weighted by Crippen LogP contribution is 2.64. The topological polar surface area (TPSA) is 96.4 Å². The lowest BCUT2D eigenvalue weighted by atomic mass is 9.65. The summed E-state index contributed by atoms with van der Waals surface area (Å²) in [6.07, 6.45) is 6.91. The molecule has 2 amide bonds. The molecule has 3 fully saturated rings. The van der Waals surface area contributed by atoms with Crippen LogP contribution in [-0.4, -0.2) is 81.8 Å². The Morgan fingerprint density at radius 3 is 2.51 bits per heavy atom. The lowest BCUT2D eigenvalue weighted by Crippen LogP contribution is -2.60. The van der Waals surface area contributed by atoms with Gasteiger partial charge in [-0.2, -0.15) is 0 Å². The first kappa shape index (κ1) is 27.4. The van der Waals surface area contributed by atoms with E-state index in [9.17, 15) is 19.5 Å². The van der Waals surface area contributed by atoms with Gasteiger partial charge in [0.15, 0.2) is 0 Å². The Morgan fingerprint density at radius 2 is 1.94 bits per heavy atom. The van der Waals surface area contributed by atoms with Gasteiger partial charge in [0.05, 0.1) is 11.5 Å². The summed E-state index contributed by atoms with van der Waals surface area (Å²) in [4.78, 5) is 44.9. The van der Waals surface area contributed by atoms with Crippen LogP contribution in [0, 0.1) is 11.8 Å². The number of hydrogen-bond acceptors (Lipinski definition) is 6. The molecule has 8 nitrogen and oxygen atoms in total. The normalized spacial score (nSPS) is 31.4. The van der Waals surface area contributed by atoms with Gasteiger partial charge in [0, 0.05) is 25.2 Å². The minimum Gasteiger partial charge on any atom is -0.461 e. The van der Waals surface area contributed by atoms with E-state index in [1.807, 2.05) is 27.7 Å². The number of likely N-dealkylation sites (tertiary alicyclic amines) is 1. The molecule has 3 aliphatic rings. The fourth-order valence-corrected chi connectivity index (χ4v) is 6.37. The van der Waals surface area contributed by atoms with Crippen molar-refractivity contribution in [2.24, 2.45) is 11.8 Å². The van der Waals surface area contributed by atoms with E-state index in [0.29, 0.717) is 45.2 Å². The molecule has 196 valence electrons. The molecule has 0 radical (unpaired) electrons. The quantitative estimate of drug-likeness (QED) is 0.257. The Balaban J connectivity index is 2.07. The molecular formula is C27H42N2O6. The fraction of sp³-hybridized carbons (Fsp3) is 0.741. The van der Waals surface area contributed by atoms with Gasteiger partial charge in [-0.3, -0.25) is 14.4 Å². The zero-order chi connectivity index (χ0) is 26.0. The third-order valence-electron chi connectivity index (χ3n) is 7.96. The maximum Gasteiger partial charge on any atom is 0.313 e. The molecule has 0 aromatic carbocycles. The van der Waals surface area contributed by atoms with E-state index < -0.39 is 40.6 Å². The third kappa shape index (κ3) is 4.55. The van der Waals surface area contributed by atoms with Crippen molar-refractivity contribution in [3.63, 3.8) is 0 Å². The maximum absolute atomic E-state index is 14.2. The molecule has 0 aromatic heterocycles. The van der Waals surface area contributed by atoms with Crippen molar-refractivity contribution >= 4 is 17.8 Å². The van der Waals surface area contributed by atoms with Gasteiger partial charge in [0.1, 0.15) is 24.2 Å². The zero-order valence-corrected chi connectivity index (χ0v) is 21.8. The molecule has 3 saturated heterocycles. The predicted molar refractivity (Wildman–Crippen MR) is 132 cm³/mol. The van der Waals surface area contributed by atoms with Gasteiger partial charge < -0.3 is 24.4 Å². The summed E-state index contributed by atoms with van der Waals surface area (Å²) in [7, 11) is 0. The van der Waals surface area contributed by atoms with Gasteiger partial charge in [-0.05, 0) is 59.3 Å². The SMILES string of the molecule is C=CCOC(=O)[C@H]1[C@H]2C(=O)N(CCCCCO)C(C(=O)N(CC=C)C(C)(C)C)C23CC[C@]1(CC)O3. The Labute approximate surface area is 209 Å². The van der Waals surface area contributed by atoms with Gasteiger partial charge in [0.25, 0.3) is 0 Å². The maximum atomic E-state index is 14.2. The molecule has 2 bridgehead atoms. The van der Waals surface area contributed by atoms with Crippen molar-refractivity contribution in [2.45, 2.75) is 89.0 Å². The molecule has 3 heterocycles. The summed E-state index contributed by atoms with van der Waals surface area (Å²) in [5, 5.41) is 9.18. The summed E-state index contributed by atoms with van der Waals surface area (Å²) >= 11 is 0. The summed E-state index contributed by atoms with van der Waals surface area (Å²) in [5.41, 5.74) is -2.37. The van der Waals surface area contributed by atoms with Crippen LogP contribution in [0.2, 0.25) is 0 Å². The van der Waals surface area contributed by atoms with Gasteiger partial charge >= 0.3 is 5.97 Å². The van der Waals surface area contributed by atoms with Crippen molar-refractivity contribution < 1.29 is 29.0 Å². The lowest BCUT2D eigenvalue weighted by molar-refractivity contribution is -0.162. The molecule has 2 unspecified atom stereocenters. The average Bonchev–Trinajstić information content (AvgIpc) is 3.41. The molecular weight excluding hydrogens is 448 g/mol. The van der Waals surface area contributed by atoms with E-state index in [1.54, 1.807) is 15.9 Å². The average molecular weight is 491 g/mol. The van der Waals surface area contributed by atoms with E-state index >= 15 is 0 Å². The smallest absolute Gasteiger partial charge is 0.313 e. The largest absolute Gasteiger partial charge is 0.461 e. The fourth-order valence-electron chi connectivity index (χ4n) is 6.37. The number of amides is 2. The Kier molecular flexibility index (Phi) is 8.16. The van der Waals surface area contributed by atoms with Gasteiger partial charge in [0.2, 0.25) is 11.8 Å². The van der Waals surface area contributed by atoms with Gasteiger partial charge in [-0.15, -0.1) is 6.58 Å². The molecule has 3 rings (SSSR count). The van der Waals surface area contributed by atoms with Crippen LogP contribution < -0.4 is 0 Å². The number of nitrogens with zero attached hydrogens (tertiary/aromatic N) is 2. The van der Waals surface area contributed by atoms with Crippen molar-refractivity contribution in [3.8, 4) is 0 Å². The highest BCUT2D eigenvalue weighted by atomic mass is 16.6. The molecule has 8 heteroatoms. The van der Waals surface area contributed by atoms with E-state index in [1.165, 1.54) is 6.08 Å². The number of esters is 1. The molecule has 0 aliphatic carbocycles. The van der Waals surface area contributed by atoms with E-state index in [2.05, 4.69) is 13.2 Å². The van der Waals surface area contributed by atoms with Crippen LogP contribution in [-0.2, 0) is 23.9 Å². The number of hydrogen-bond donors (Lipinski definition) is 1. The second-order valence-electron chi connectivity index (χ2n) is 11.0. The molecule has 0 saturated carbocycles. The number of aliphatic hydroxyl groups is 1. The Hall–Kier alpha value is -2.19. The van der Waals surface area contributed by atoms with Crippen LogP contribution in [0.1, 0.15) is 66.2 Å². The molecule has 1 N–H and O–H groups in total. The van der Waals surface area contributed by atoms with Gasteiger partial charge in [-0.25, -0.2) is 0 Å². The Bertz CT molecular complexity index is 851. The van der Waals surface area contributed by atoms with Crippen molar-refractivity contribution in [2.75, 3.05) is 26.3 Å². The number of carbonyl (C=O) groups excluding carboxylic acids is 3. The number of rotatable bonds is 12. The minimum absolute atomic E-state index is 0.0629. The van der Waals surface area contributed by atoms with Gasteiger partial charge in [-0.1, -0.05) is 25.7 Å². The summed E-state index contributed by atoms with van der Waals surface area (Å²) < 4.78 is 12.2.